The Morgan fingerprint density at radius 3 is 2.70 bits per heavy atom. The van der Waals surface area contributed by atoms with E-state index in [1.807, 2.05) is 12.1 Å². The summed E-state index contributed by atoms with van der Waals surface area (Å²) in [6.07, 6.45) is 0.575. The molecule has 0 saturated carbocycles. The number of aromatic nitrogens is 1. The lowest BCUT2D eigenvalue weighted by Crippen LogP contribution is -2.39. The van der Waals surface area contributed by atoms with Crippen LogP contribution in [0, 0.1) is 0 Å². The Balaban J connectivity index is 2.22. The highest BCUT2D eigenvalue weighted by atomic mass is 16.7. The van der Waals surface area contributed by atoms with Gasteiger partial charge < -0.3 is 24.8 Å². The van der Waals surface area contributed by atoms with Crippen LogP contribution in [0.2, 0.25) is 0 Å². The van der Waals surface area contributed by atoms with E-state index in [0.717, 1.165) is 5.69 Å². The Hall–Kier alpha value is -2.84. The van der Waals surface area contributed by atoms with Gasteiger partial charge in [0, 0.05) is 31.9 Å². The molecule has 9 nitrogen and oxygen atoms in total. The molecular weight excluding hydrogens is 306 g/mol. The van der Waals surface area contributed by atoms with E-state index in [2.05, 4.69) is 15.0 Å². The normalized spacial score (nSPS) is 11.2. The lowest BCUT2D eigenvalue weighted by molar-refractivity contribution is -0.138. The van der Waals surface area contributed by atoms with Crippen molar-refractivity contribution in [2.75, 3.05) is 20.4 Å². The fraction of sp³-hybridized carbons (Fsp3) is 0.429. The zero-order valence-corrected chi connectivity index (χ0v) is 12.9. The SMILES string of the molecule is C[C@H](NC(=O)OCOC(=O)N(C)CCc1ccccn1)C(=O)O. The molecule has 0 bridgehead atoms. The van der Waals surface area contributed by atoms with Crippen molar-refractivity contribution in [3.05, 3.63) is 30.1 Å². The van der Waals surface area contributed by atoms with Crippen LogP contribution >= 0.6 is 0 Å². The lowest BCUT2D eigenvalue weighted by Gasteiger charge is -2.17. The molecule has 1 aromatic heterocycles. The first-order chi connectivity index (χ1) is 10.9. The summed E-state index contributed by atoms with van der Waals surface area (Å²) in [4.78, 5) is 38.8. The molecule has 1 rings (SSSR count). The summed E-state index contributed by atoms with van der Waals surface area (Å²) in [6, 6.07) is 4.40. The summed E-state index contributed by atoms with van der Waals surface area (Å²) >= 11 is 0. The number of hydrogen-bond acceptors (Lipinski definition) is 6. The molecule has 0 unspecified atom stereocenters. The molecule has 2 N–H and O–H groups in total. The van der Waals surface area contributed by atoms with Crippen LogP contribution in [0.1, 0.15) is 12.6 Å². The van der Waals surface area contributed by atoms with E-state index in [-0.39, 0.29) is 0 Å². The van der Waals surface area contributed by atoms with Crippen molar-refractivity contribution in [3.63, 3.8) is 0 Å². The number of nitrogens with one attached hydrogen (secondary N) is 1. The number of nitrogens with zero attached hydrogens (tertiary/aromatic N) is 2. The molecule has 0 spiro atoms. The van der Waals surface area contributed by atoms with Gasteiger partial charge >= 0.3 is 18.2 Å². The molecular formula is C14H19N3O6. The quantitative estimate of drug-likeness (QED) is 0.713. The van der Waals surface area contributed by atoms with Crippen molar-refractivity contribution in [1.29, 1.82) is 0 Å². The van der Waals surface area contributed by atoms with Crippen LogP contribution in [0.15, 0.2) is 24.4 Å². The molecule has 0 fully saturated rings. The zero-order valence-electron chi connectivity index (χ0n) is 12.9. The van der Waals surface area contributed by atoms with Crippen molar-refractivity contribution in [3.8, 4) is 0 Å². The van der Waals surface area contributed by atoms with E-state index in [9.17, 15) is 14.4 Å². The summed E-state index contributed by atoms with van der Waals surface area (Å²) in [7, 11) is 1.54. The van der Waals surface area contributed by atoms with Crippen molar-refractivity contribution in [1.82, 2.24) is 15.2 Å². The third kappa shape index (κ3) is 7.11. The highest BCUT2D eigenvalue weighted by Gasteiger charge is 2.16. The minimum Gasteiger partial charge on any atom is -0.480 e. The summed E-state index contributed by atoms with van der Waals surface area (Å²) in [5.74, 6) is -1.20. The fourth-order valence-electron chi connectivity index (χ4n) is 1.44. The second kappa shape index (κ2) is 9.23. The Morgan fingerprint density at radius 2 is 2.09 bits per heavy atom. The lowest BCUT2D eigenvalue weighted by atomic mass is 10.2. The van der Waals surface area contributed by atoms with Crippen molar-refractivity contribution < 1.29 is 29.0 Å². The van der Waals surface area contributed by atoms with Crippen LogP contribution in [0.25, 0.3) is 0 Å². The maximum atomic E-state index is 11.7. The Morgan fingerprint density at radius 1 is 1.35 bits per heavy atom. The topological polar surface area (TPSA) is 118 Å². The highest BCUT2D eigenvalue weighted by Crippen LogP contribution is 1.98. The number of aliphatic carboxylic acids is 1. The average Bonchev–Trinajstić information content (AvgIpc) is 2.53. The maximum absolute atomic E-state index is 11.7. The van der Waals surface area contributed by atoms with Gasteiger partial charge in [-0.25, -0.2) is 9.59 Å². The molecule has 126 valence electrons. The molecule has 1 aromatic rings. The number of carboxylic acid groups (broad SMARTS) is 1. The number of likely N-dealkylation sites (N-methyl/N-ethyl adjacent to an activating group) is 1. The highest BCUT2D eigenvalue weighted by molar-refractivity contribution is 5.79. The summed E-state index contributed by atoms with van der Waals surface area (Å²) in [5.41, 5.74) is 0.838. The molecule has 0 aromatic carbocycles. The van der Waals surface area contributed by atoms with E-state index < -0.39 is 31.0 Å². The molecule has 23 heavy (non-hydrogen) atoms. The number of alkyl carbamates (subject to hydrolysis) is 1. The summed E-state index contributed by atoms with van der Waals surface area (Å²) in [5, 5.41) is 10.7. The van der Waals surface area contributed by atoms with Gasteiger partial charge in [0.15, 0.2) is 0 Å². The molecule has 0 aliphatic carbocycles. The molecule has 0 radical (unpaired) electrons. The number of amides is 2. The smallest absolute Gasteiger partial charge is 0.412 e. The number of pyridine rings is 1. The standard InChI is InChI=1S/C14H19N3O6/c1-10(12(18)19)16-13(20)22-9-23-14(21)17(2)8-6-11-5-3-4-7-15-11/h3-5,7,10H,6,8-9H2,1-2H3,(H,16,20)(H,18,19)/t10-/m0/s1. The van der Waals surface area contributed by atoms with Gasteiger partial charge in [0.25, 0.3) is 0 Å². The van der Waals surface area contributed by atoms with Gasteiger partial charge in [-0.15, -0.1) is 0 Å². The fourth-order valence-corrected chi connectivity index (χ4v) is 1.44. The first-order valence-corrected chi connectivity index (χ1v) is 6.84. The number of carbonyl (C=O) groups excluding carboxylic acids is 2. The van der Waals surface area contributed by atoms with Crippen molar-refractivity contribution in [2.24, 2.45) is 0 Å². The monoisotopic (exact) mass is 325 g/mol. The Bertz CT molecular complexity index is 537. The predicted octanol–water partition coefficient (Wildman–Crippen LogP) is 0.849. The number of hydrogen-bond donors (Lipinski definition) is 2. The molecule has 0 aliphatic rings. The van der Waals surface area contributed by atoms with E-state index in [1.165, 1.54) is 18.9 Å². The molecule has 1 heterocycles. The van der Waals surface area contributed by atoms with Gasteiger partial charge in [0.1, 0.15) is 6.04 Å². The zero-order chi connectivity index (χ0) is 17.2. The number of carbonyl (C=O) groups is 3. The minimum atomic E-state index is -1.20. The Kier molecular flexibility index (Phi) is 7.31. The first kappa shape index (κ1) is 18.2. The van der Waals surface area contributed by atoms with Crippen molar-refractivity contribution in [2.45, 2.75) is 19.4 Å². The van der Waals surface area contributed by atoms with Gasteiger partial charge in [-0.2, -0.15) is 0 Å². The van der Waals surface area contributed by atoms with Gasteiger partial charge in [-0.3, -0.25) is 9.78 Å². The first-order valence-electron chi connectivity index (χ1n) is 6.84. The Labute approximate surface area is 133 Å². The number of carboxylic acids is 1. The largest absolute Gasteiger partial charge is 0.480 e. The molecule has 0 aliphatic heterocycles. The van der Waals surface area contributed by atoms with E-state index in [1.54, 1.807) is 12.3 Å². The van der Waals surface area contributed by atoms with Crippen molar-refractivity contribution >= 4 is 18.2 Å². The maximum Gasteiger partial charge on any atom is 0.412 e. The van der Waals surface area contributed by atoms with E-state index >= 15 is 0 Å². The van der Waals surface area contributed by atoms with Gasteiger partial charge in [0.05, 0.1) is 0 Å². The van der Waals surface area contributed by atoms with Crippen LogP contribution in [0.3, 0.4) is 0 Å². The van der Waals surface area contributed by atoms with Crippen LogP contribution in [-0.2, 0) is 20.7 Å². The molecule has 2 amide bonds. The summed E-state index contributed by atoms with van der Waals surface area (Å²) in [6.45, 7) is 1.06. The minimum absolute atomic E-state index is 0.387. The van der Waals surface area contributed by atoms with Crippen LogP contribution in [0.5, 0.6) is 0 Å². The molecule has 1 atom stereocenters. The van der Waals surface area contributed by atoms with E-state index in [0.29, 0.717) is 13.0 Å². The third-order valence-corrected chi connectivity index (χ3v) is 2.82. The van der Waals surface area contributed by atoms with Gasteiger partial charge in [-0.1, -0.05) is 6.07 Å². The number of rotatable bonds is 7. The molecule has 0 saturated heterocycles. The van der Waals surface area contributed by atoms with Crippen LogP contribution < -0.4 is 5.32 Å². The van der Waals surface area contributed by atoms with E-state index in [4.69, 9.17) is 9.84 Å². The van der Waals surface area contributed by atoms with Crippen LogP contribution in [0.4, 0.5) is 9.59 Å². The second-order valence-electron chi connectivity index (χ2n) is 4.66. The second-order valence-corrected chi connectivity index (χ2v) is 4.66. The predicted molar refractivity (Wildman–Crippen MR) is 78.6 cm³/mol. The third-order valence-electron chi connectivity index (χ3n) is 2.82. The average molecular weight is 325 g/mol. The summed E-state index contributed by atoms with van der Waals surface area (Å²) < 4.78 is 9.29. The van der Waals surface area contributed by atoms with Gasteiger partial charge in [0.2, 0.25) is 6.79 Å². The van der Waals surface area contributed by atoms with Crippen LogP contribution in [-0.4, -0.2) is 59.6 Å². The number of ether oxygens (including phenoxy) is 2. The molecule has 9 heteroatoms. The van der Waals surface area contributed by atoms with Gasteiger partial charge in [-0.05, 0) is 19.1 Å².